The van der Waals surface area contributed by atoms with E-state index in [1.54, 1.807) is 24.3 Å². The zero-order chi connectivity index (χ0) is 19.1. The van der Waals surface area contributed by atoms with Crippen molar-refractivity contribution in [1.82, 2.24) is 20.9 Å². The molecule has 0 spiro atoms. The highest BCUT2D eigenvalue weighted by molar-refractivity contribution is 6.01. The van der Waals surface area contributed by atoms with Crippen LogP contribution in [0.5, 0.6) is 0 Å². The lowest BCUT2D eigenvalue weighted by Gasteiger charge is -2.16. The number of rotatable bonds is 7. The monoisotopic (exact) mass is 372 g/mol. The van der Waals surface area contributed by atoms with E-state index in [2.05, 4.69) is 16.0 Å². The van der Waals surface area contributed by atoms with Crippen molar-refractivity contribution in [3.05, 3.63) is 35.4 Å². The highest BCUT2D eigenvalue weighted by Crippen LogP contribution is 2.16. The molecule has 146 valence electrons. The van der Waals surface area contributed by atoms with Crippen LogP contribution in [0.2, 0.25) is 0 Å². The summed E-state index contributed by atoms with van der Waals surface area (Å²) in [4.78, 5) is 36.6. The average molecular weight is 372 g/mol. The Kier molecular flexibility index (Phi) is 6.81. The molecular weight excluding hydrogens is 344 g/mol. The fourth-order valence-electron chi connectivity index (χ4n) is 3.60. The first-order valence-electron chi connectivity index (χ1n) is 9.82. The maximum Gasteiger partial charge on any atom is 0.324 e. The molecule has 1 saturated carbocycles. The van der Waals surface area contributed by atoms with Crippen LogP contribution in [-0.2, 0) is 11.3 Å². The van der Waals surface area contributed by atoms with Crippen molar-refractivity contribution in [3.8, 4) is 0 Å². The number of carbonyl (C=O) groups is 3. The molecule has 7 heteroatoms. The maximum absolute atomic E-state index is 12.2. The van der Waals surface area contributed by atoms with Gasteiger partial charge in [-0.2, -0.15) is 0 Å². The van der Waals surface area contributed by atoms with E-state index in [9.17, 15) is 14.4 Å². The first-order chi connectivity index (χ1) is 13.1. The minimum absolute atomic E-state index is 0.0498. The van der Waals surface area contributed by atoms with Gasteiger partial charge < -0.3 is 16.0 Å². The summed E-state index contributed by atoms with van der Waals surface area (Å²) >= 11 is 0. The molecule has 0 atom stereocenters. The van der Waals surface area contributed by atoms with E-state index in [0.29, 0.717) is 18.2 Å². The number of benzene rings is 1. The van der Waals surface area contributed by atoms with E-state index in [0.717, 1.165) is 12.1 Å². The van der Waals surface area contributed by atoms with Gasteiger partial charge in [0.05, 0.1) is 13.1 Å². The molecule has 3 rings (SSSR count). The van der Waals surface area contributed by atoms with Crippen molar-refractivity contribution >= 4 is 17.8 Å². The lowest BCUT2D eigenvalue weighted by Crippen LogP contribution is -2.36. The number of amides is 4. The molecule has 1 aliphatic heterocycles. The van der Waals surface area contributed by atoms with Gasteiger partial charge in [-0.25, -0.2) is 4.79 Å². The van der Waals surface area contributed by atoms with Crippen molar-refractivity contribution in [2.45, 2.75) is 51.1 Å². The molecule has 4 amide bonds. The van der Waals surface area contributed by atoms with Crippen molar-refractivity contribution in [3.63, 3.8) is 0 Å². The second-order valence-electron chi connectivity index (χ2n) is 7.23. The molecule has 27 heavy (non-hydrogen) atoms. The summed E-state index contributed by atoms with van der Waals surface area (Å²) in [5.41, 5.74) is 1.39. The molecular formula is C20H28N4O3. The minimum Gasteiger partial charge on any atom is -0.351 e. The normalized spacial score (nSPS) is 18.3. The van der Waals surface area contributed by atoms with Gasteiger partial charge in [-0.3, -0.25) is 14.5 Å². The molecule has 0 unspecified atom stereocenters. The zero-order valence-corrected chi connectivity index (χ0v) is 15.6. The van der Waals surface area contributed by atoms with Gasteiger partial charge in [-0.1, -0.05) is 37.8 Å². The summed E-state index contributed by atoms with van der Waals surface area (Å²) in [6.07, 6.45) is 7.71. The summed E-state index contributed by atoms with van der Waals surface area (Å²) in [6, 6.07) is 7.20. The predicted octanol–water partition coefficient (Wildman–Crippen LogP) is 1.78. The van der Waals surface area contributed by atoms with Crippen LogP contribution in [0, 0.1) is 0 Å². The number of nitrogens with zero attached hydrogens (tertiary/aromatic N) is 1. The van der Waals surface area contributed by atoms with Gasteiger partial charge in [0.2, 0.25) is 5.91 Å². The van der Waals surface area contributed by atoms with Gasteiger partial charge in [0.15, 0.2) is 0 Å². The molecule has 2 aliphatic rings. The van der Waals surface area contributed by atoms with Crippen LogP contribution in [0.15, 0.2) is 24.3 Å². The summed E-state index contributed by atoms with van der Waals surface area (Å²) in [7, 11) is 0. The topological polar surface area (TPSA) is 90.5 Å². The number of carbonyl (C=O) groups excluding carboxylic acids is 3. The summed E-state index contributed by atoms with van der Waals surface area (Å²) in [6.45, 7) is 1.65. The van der Waals surface area contributed by atoms with Crippen LogP contribution in [0.25, 0.3) is 0 Å². The van der Waals surface area contributed by atoms with E-state index in [1.165, 1.54) is 43.4 Å². The van der Waals surface area contributed by atoms with Crippen molar-refractivity contribution in [2.24, 2.45) is 0 Å². The van der Waals surface area contributed by atoms with Gasteiger partial charge in [0, 0.05) is 24.7 Å². The summed E-state index contributed by atoms with van der Waals surface area (Å²) in [5.74, 6) is -0.345. The average Bonchev–Trinajstić information content (AvgIpc) is 2.88. The number of nitrogens with one attached hydrogen (secondary N) is 3. The largest absolute Gasteiger partial charge is 0.351 e. The van der Waals surface area contributed by atoms with Crippen LogP contribution < -0.4 is 16.0 Å². The van der Waals surface area contributed by atoms with Crippen LogP contribution in [0.3, 0.4) is 0 Å². The SMILES string of the molecule is O=C(NCCNC1CCCCCC1)c1ccc(CN2C(=O)CNC2=O)cc1. The summed E-state index contributed by atoms with van der Waals surface area (Å²) in [5, 5.41) is 8.96. The second-order valence-corrected chi connectivity index (χ2v) is 7.23. The van der Waals surface area contributed by atoms with Crippen molar-refractivity contribution in [1.29, 1.82) is 0 Å². The molecule has 1 saturated heterocycles. The van der Waals surface area contributed by atoms with E-state index in [-0.39, 0.29) is 30.9 Å². The lowest BCUT2D eigenvalue weighted by atomic mass is 10.1. The third kappa shape index (κ3) is 5.53. The molecule has 1 aliphatic carbocycles. The Labute approximate surface area is 159 Å². The van der Waals surface area contributed by atoms with E-state index in [1.807, 2.05) is 0 Å². The van der Waals surface area contributed by atoms with Gasteiger partial charge in [0.1, 0.15) is 0 Å². The van der Waals surface area contributed by atoms with Crippen LogP contribution in [-0.4, -0.2) is 48.4 Å². The Balaban J connectivity index is 1.40. The van der Waals surface area contributed by atoms with Crippen molar-refractivity contribution < 1.29 is 14.4 Å². The number of hydrogen-bond donors (Lipinski definition) is 3. The second kappa shape index (κ2) is 9.50. The van der Waals surface area contributed by atoms with Crippen LogP contribution >= 0.6 is 0 Å². The van der Waals surface area contributed by atoms with Crippen molar-refractivity contribution in [2.75, 3.05) is 19.6 Å². The highest BCUT2D eigenvalue weighted by Gasteiger charge is 2.28. The lowest BCUT2D eigenvalue weighted by molar-refractivity contribution is -0.125. The minimum atomic E-state index is -0.372. The maximum atomic E-state index is 12.2. The highest BCUT2D eigenvalue weighted by atomic mass is 16.2. The predicted molar refractivity (Wildman–Crippen MR) is 102 cm³/mol. The Bertz CT molecular complexity index is 650. The molecule has 1 heterocycles. The Hall–Kier alpha value is -2.41. The Morgan fingerprint density at radius 1 is 1.04 bits per heavy atom. The smallest absolute Gasteiger partial charge is 0.324 e. The Morgan fingerprint density at radius 3 is 2.37 bits per heavy atom. The van der Waals surface area contributed by atoms with Gasteiger partial charge in [-0.05, 0) is 30.5 Å². The number of imide groups is 1. The van der Waals surface area contributed by atoms with E-state index >= 15 is 0 Å². The van der Waals surface area contributed by atoms with Gasteiger partial charge >= 0.3 is 6.03 Å². The molecule has 0 radical (unpaired) electrons. The standard InChI is InChI=1S/C20H28N4O3/c25-18-13-23-20(27)24(18)14-15-7-9-16(10-8-15)19(26)22-12-11-21-17-5-3-1-2-4-6-17/h7-10,17,21H,1-6,11-14H2,(H,22,26)(H,23,27). The molecule has 0 bridgehead atoms. The first kappa shape index (κ1) is 19.4. The number of hydrogen-bond acceptors (Lipinski definition) is 4. The van der Waals surface area contributed by atoms with E-state index < -0.39 is 0 Å². The molecule has 2 fully saturated rings. The molecule has 1 aromatic rings. The fraction of sp³-hybridized carbons (Fsp3) is 0.550. The molecule has 0 aromatic heterocycles. The fourth-order valence-corrected chi connectivity index (χ4v) is 3.60. The van der Waals surface area contributed by atoms with Crippen LogP contribution in [0.4, 0.5) is 4.79 Å². The first-order valence-corrected chi connectivity index (χ1v) is 9.82. The van der Waals surface area contributed by atoms with Gasteiger partial charge in [-0.15, -0.1) is 0 Å². The van der Waals surface area contributed by atoms with Crippen LogP contribution in [0.1, 0.15) is 54.4 Å². The molecule has 3 N–H and O–H groups in total. The summed E-state index contributed by atoms with van der Waals surface area (Å²) < 4.78 is 0. The number of urea groups is 1. The van der Waals surface area contributed by atoms with E-state index in [4.69, 9.17) is 0 Å². The third-order valence-electron chi connectivity index (χ3n) is 5.19. The zero-order valence-electron chi connectivity index (χ0n) is 15.6. The Morgan fingerprint density at radius 2 is 1.74 bits per heavy atom. The van der Waals surface area contributed by atoms with Gasteiger partial charge in [0.25, 0.3) is 5.91 Å². The quantitative estimate of drug-likeness (QED) is 0.387. The molecule has 7 nitrogen and oxygen atoms in total. The third-order valence-corrected chi connectivity index (χ3v) is 5.19. The molecule has 1 aromatic carbocycles.